The number of phosphoric acid groups is 2. The van der Waals surface area contributed by atoms with E-state index in [1.807, 2.05) is 18.2 Å². The average Bonchev–Trinajstić information content (AvgIpc) is 1.00. The van der Waals surface area contributed by atoms with E-state index in [0.717, 1.165) is 148 Å². The molecule has 0 aliphatic carbocycles. The Balaban J connectivity index is 5.37. The summed E-state index contributed by atoms with van der Waals surface area (Å²) in [5.74, 6) is -2.29. The molecule has 0 rings (SSSR count). The van der Waals surface area contributed by atoms with Crippen molar-refractivity contribution < 1.29 is 80.2 Å². The van der Waals surface area contributed by atoms with E-state index in [9.17, 15) is 43.2 Å². The molecule has 0 fully saturated rings. The summed E-state index contributed by atoms with van der Waals surface area (Å²) in [6.07, 6.45) is 75.3. The fourth-order valence-electron chi connectivity index (χ4n) is 9.93. The van der Waals surface area contributed by atoms with Crippen LogP contribution in [-0.2, 0) is 65.4 Å². The normalized spacial score (nSPS) is 14.6. The predicted molar refractivity (Wildman–Crippen MR) is 399 cm³/mol. The van der Waals surface area contributed by atoms with Gasteiger partial charge in [-0.25, -0.2) is 9.13 Å². The van der Waals surface area contributed by atoms with Crippen LogP contribution in [0.15, 0.2) is 109 Å². The second-order valence-electron chi connectivity index (χ2n) is 25.2. The number of carbonyl (C=O) groups is 4. The molecular formula is C79H136O17P2. The van der Waals surface area contributed by atoms with Crippen molar-refractivity contribution in [3.63, 3.8) is 0 Å². The van der Waals surface area contributed by atoms with Crippen molar-refractivity contribution in [1.82, 2.24) is 0 Å². The Morgan fingerprint density at radius 3 is 0.929 bits per heavy atom. The van der Waals surface area contributed by atoms with Gasteiger partial charge in [-0.2, -0.15) is 0 Å². The zero-order valence-corrected chi connectivity index (χ0v) is 63.2. The lowest BCUT2D eigenvalue weighted by atomic mass is 10.1. The summed E-state index contributed by atoms with van der Waals surface area (Å²) in [5.41, 5.74) is 0. The minimum absolute atomic E-state index is 0.0365. The van der Waals surface area contributed by atoms with Crippen molar-refractivity contribution in [2.75, 3.05) is 39.6 Å². The number of rotatable bonds is 71. The van der Waals surface area contributed by atoms with Crippen molar-refractivity contribution in [2.45, 2.75) is 329 Å². The molecule has 5 unspecified atom stereocenters. The number of carbonyl (C=O) groups excluding carboxylic acids is 4. The highest BCUT2D eigenvalue weighted by Gasteiger charge is 2.30. The van der Waals surface area contributed by atoms with Crippen molar-refractivity contribution in [1.29, 1.82) is 0 Å². The average molecular weight is 1420 g/mol. The molecule has 0 aromatic carbocycles. The summed E-state index contributed by atoms with van der Waals surface area (Å²) in [6.45, 7) is 4.58. The van der Waals surface area contributed by atoms with Crippen molar-refractivity contribution >= 4 is 39.5 Å². The van der Waals surface area contributed by atoms with E-state index in [4.69, 9.17) is 37.0 Å². The van der Waals surface area contributed by atoms with Crippen LogP contribution in [0, 0.1) is 0 Å². The van der Waals surface area contributed by atoms with Crippen LogP contribution in [0.4, 0.5) is 0 Å². The first-order chi connectivity index (χ1) is 47.7. The predicted octanol–water partition coefficient (Wildman–Crippen LogP) is 21.8. The Hall–Kier alpha value is -4.28. The number of aliphatic hydroxyl groups excluding tert-OH is 1. The summed E-state index contributed by atoms with van der Waals surface area (Å²) in [7, 11) is -9.97. The lowest BCUT2D eigenvalue weighted by Gasteiger charge is -2.21. The van der Waals surface area contributed by atoms with Gasteiger partial charge < -0.3 is 33.8 Å². The van der Waals surface area contributed by atoms with Crippen molar-refractivity contribution in [3.8, 4) is 0 Å². The molecule has 0 aromatic heterocycles. The molecular weight excluding hydrogens is 1280 g/mol. The van der Waals surface area contributed by atoms with Gasteiger partial charge in [0.1, 0.15) is 19.3 Å². The van der Waals surface area contributed by atoms with E-state index < -0.39 is 97.5 Å². The van der Waals surface area contributed by atoms with Gasteiger partial charge in [0.15, 0.2) is 12.2 Å². The third-order valence-electron chi connectivity index (χ3n) is 15.7. The van der Waals surface area contributed by atoms with Gasteiger partial charge in [-0.05, 0) is 116 Å². The maximum Gasteiger partial charge on any atom is 0.472 e. The Bertz CT molecular complexity index is 2290. The highest BCUT2D eigenvalue weighted by molar-refractivity contribution is 7.47. The fourth-order valence-corrected chi connectivity index (χ4v) is 11.5. The van der Waals surface area contributed by atoms with E-state index in [2.05, 4.69) is 119 Å². The Kier molecular flexibility index (Phi) is 68.0. The van der Waals surface area contributed by atoms with Crippen LogP contribution in [0.5, 0.6) is 0 Å². The summed E-state index contributed by atoms with van der Waals surface area (Å²) in [6, 6.07) is 0. The summed E-state index contributed by atoms with van der Waals surface area (Å²) in [4.78, 5) is 72.7. The monoisotopic (exact) mass is 1420 g/mol. The molecule has 0 spiro atoms. The van der Waals surface area contributed by atoms with Gasteiger partial charge in [0.05, 0.1) is 26.4 Å². The molecule has 0 heterocycles. The highest BCUT2D eigenvalue weighted by atomic mass is 31.2. The lowest BCUT2D eigenvalue weighted by Crippen LogP contribution is -2.30. The molecule has 5 atom stereocenters. The van der Waals surface area contributed by atoms with E-state index in [1.54, 1.807) is 0 Å². The molecule has 19 heteroatoms. The zero-order chi connectivity index (χ0) is 71.8. The van der Waals surface area contributed by atoms with Gasteiger partial charge in [0, 0.05) is 25.7 Å². The number of allylic oxidation sites excluding steroid dienone is 18. The molecule has 98 heavy (non-hydrogen) atoms. The molecule has 564 valence electrons. The number of hydrogen-bond donors (Lipinski definition) is 3. The van der Waals surface area contributed by atoms with Crippen LogP contribution < -0.4 is 0 Å². The first kappa shape index (κ1) is 93.7. The number of phosphoric ester groups is 2. The molecule has 0 aliphatic rings. The molecule has 0 amide bonds. The van der Waals surface area contributed by atoms with Crippen LogP contribution in [0.2, 0.25) is 0 Å². The van der Waals surface area contributed by atoms with E-state index in [0.29, 0.717) is 32.1 Å². The minimum Gasteiger partial charge on any atom is -0.462 e. The van der Waals surface area contributed by atoms with Gasteiger partial charge in [0.2, 0.25) is 0 Å². The quantitative estimate of drug-likeness (QED) is 0.0169. The van der Waals surface area contributed by atoms with Gasteiger partial charge in [-0.1, -0.05) is 278 Å². The van der Waals surface area contributed by atoms with Crippen molar-refractivity contribution in [2.24, 2.45) is 0 Å². The topological polar surface area (TPSA) is 237 Å². The van der Waals surface area contributed by atoms with Crippen LogP contribution in [0.1, 0.15) is 310 Å². The lowest BCUT2D eigenvalue weighted by molar-refractivity contribution is -0.161. The molecule has 3 N–H and O–H groups in total. The highest BCUT2D eigenvalue weighted by Crippen LogP contribution is 2.45. The van der Waals surface area contributed by atoms with Crippen molar-refractivity contribution in [3.05, 3.63) is 109 Å². The summed E-state index contributed by atoms with van der Waals surface area (Å²) in [5, 5.41) is 10.6. The fraction of sp³-hybridized carbons (Fsp3) is 0.722. The molecule has 0 saturated heterocycles. The first-order valence-corrected chi connectivity index (χ1v) is 41.1. The SMILES string of the molecule is CC/C=C\C/C=C\C/C=C\C/C=C\C/C=C\C/C=C\CCC(=O)OCC(COP(=O)(O)OCC(O)COP(=O)(O)OCC(COC(=O)CCCCCCC/C=C\CCCCCCCC)OC(=O)CCCCCCC/C=C\C/C=C\CCC)OC(=O)CCCCCCCCCCCCC. The summed E-state index contributed by atoms with van der Waals surface area (Å²) < 4.78 is 68.3. The number of esters is 4. The van der Waals surface area contributed by atoms with E-state index >= 15 is 0 Å². The second-order valence-corrected chi connectivity index (χ2v) is 28.1. The number of hydrogen-bond acceptors (Lipinski definition) is 15. The third kappa shape index (κ3) is 70.2. The van der Waals surface area contributed by atoms with Gasteiger partial charge in [-0.3, -0.25) is 37.3 Å². The van der Waals surface area contributed by atoms with Gasteiger partial charge >= 0.3 is 39.5 Å². The van der Waals surface area contributed by atoms with E-state index in [-0.39, 0.29) is 25.7 Å². The first-order valence-electron chi connectivity index (χ1n) is 38.1. The Labute approximate surface area is 594 Å². The minimum atomic E-state index is -4.99. The molecule has 0 saturated carbocycles. The maximum absolute atomic E-state index is 13.1. The number of unbranched alkanes of at least 4 members (excludes halogenated alkanes) is 27. The van der Waals surface area contributed by atoms with Gasteiger partial charge in [0.25, 0.3) is 0 Å². The van der Waals surface area contributed by atoms with Crippen LogP contribution >= 0.6 is 15.6 Å². The third-order valence-corrected chi connectivity index (χ3v) is 17.6. The standard InChI is InChI=1S/C79H136O17P2/c1-5-9-13-17-21-25-29-32-34-35-36-37-39-42-45-48-52-56-60-64-77(82)89-69-74(95-78(83)65-61-57-53-49-43-28-24-20-16-12-8-4)71-93-97(85,86)91-67-73(80)68-92-98(87,88)94-72-75(96-79(84)66-62-58-54-50-46-40-31-27-23-19-15-11-7-3)70-90-76(81)63-59-55-51-47-44-41-38-33-30-26-22-18-14-10-6-2/h9,13,15,19,21,25,27,31-34,36-38,42,45,52,56,73-75,80H,5-8,10-12,14,16-18,20,22-24,26,28-30,35,39-41,43-44,46-51,53-55,57-72H2,1-4H3,(H,85,86)(H,87,88)/b13-9-,19-15-,25-21-,31-27-,34-32-,37-36-,38-33-,45-42-,56-52-. The molecule has 0 radical (unpaired) electrons. The van der Waals surface area contributed by atoms with Crippen LogP contribution in [0.25, 0.3) is 0 Å². The molecule has 0 aliphatic heterocycles. The van der Waals surface area contributed by atoms with E-state index in [1.165, 1.54) is 77.0 Å². The molecule has 17 nitrogen and oxygen atoms in total. The van der Waals surface area contributed by atoms with Gasteiger partial charge in [-0.15, -0.1) is 0 Å². The van der Waals surface area contributed by atoms with Crippen LogP contribution in [0.3, 0.4) is 0 Å². The molecule has 0 aromatic rings. The smallest absolute Gasteiger partial charge is 0.462 e. The Morgan fingerprint density at radius 1 is 0.296 bits per heavy atom. The summed E-state index contributed by atoms with van der Waals surface area (Å²) >= 11 is 0. The number of ether oxygens (including phenoxy) is 4. The Morgan fingerprint density at radius 2 is 0.571 bits per heavy atom. The van der Waals surface area contributed by atoms with Crippen LogP contribution in [-0.4, -0.2) is 96.7 Å². The largest absolute Gasteiger partial charge is 0.472 e. The number of aliphatic hydroxyl groups is 1. The zero-order valence-electron chi connectivity index (χ0n) is 61.4. The molecule has 0 bridgehead atoms. The maximum atomic E-state index is 13.1. The second kappa shape index (κ2) is 71.1.